The van der Waals surface area contributed by atoms with Gasteiger partial charge in [0.25, 0.3) is 5.91 Å². The molecular weight excluding hydrogens is 369 g/mol. The minimum Gasteiger partial charge on any atom is -0.345 e. The van der Waals surface area contributed by atoms with Gasteiger partial charge in [-0.1, -0.05) is 0 Å². The van der Waals surface area contributed by atoms with Crippen molar-refractivity contribution in [2.45, 2.75) is 6.92 Å². The second kappa shape index (κ2) is 7.15. The van der Waals surface area contributed by atoms with Crippen LogP contribution in [0.5, 0.6) is 0 Å². The van der Waals surface area contributed by atoms with E-state index in [0.29, 0.717) is 45.0 Å². The second-order valence-electron chi connectivity index (χ2n) is 6.60. The highest BCUT2D eigenvalue weighted by Gasteiger charge is 2.27. The van der Waals surface area contributed by atoms with Crippen LogP contribution < -0.4 is 15.1 Å². The van der Waals surface area contributed by atoms with Crippen LogP contribution in [0.25, 0.3) is 0 Å². The molecule has 1 aromatic carbocycles. The Morgan fingerprint density at radius 3 is 2.63 bits per heavy atom. The number of amides is 3. The predicted octanol–water partition coefficient (Wildman–Crippen LogP) is 2.08. The van der Waals surface area contributed by atoms with Gasteiger partial charge in [-0.2, -0.15) is 0 Å². The van der Waals surface area contributed by atoms with Crippen LogP contribution in [-0.2, 0) is 0 Å². The number of piperazine rings is 1. The van der Waals surface area contributed by atoms with E-state index in [1.807, 2.05) is 12.3 Å². The first-order valence-corrected chi connectivity index (χ1v) is 9.72. The number of halogens is 1. The number of carbonyl (C=O) groups is 2. The van der Waals surface area contributed by atoms with E-state index < -0.39 is 5.82 Å². The van der Waals surface area contributed by atoms with Crippen molar-refractivity contribution in [3.05, 3.63) is 40.7 Å². The summed E-state index contributed by atoms with van der Waals surface area (Å²) in [5.74, 6) is -0.912. The summed E-state index contributed by atoms with van der Waals surface area (Å²) in [6.45, 7) is 5.33. The summed E-state index contributed by atoms with van der Waals surface area (Å²) >= 11 is 1.59. The van der Waals surface area contributed by atoms with E-state index in [9.17, 15) is 14.0 Å². The van der Waals surface area contributed by atoms with Crippen LogP contribution in [0.4, 0.5) is 20.0 Å². The molecule has 0 radical (unpaired) electrons. The average molecular weight is 389 g/mol. The Morgan fingerprint density at radius 2 is 2.00 bits per heavy atom. The van der Waals surface area contributed by atoms with Crippen molar-refractivity contribution in [1.29, 1.82) is 0 Å². The Labute approximate surface area is 160 Å². The molecular formula is C18H20FN5O2S. The van der Waals surface area contributed by atoms with Crippen molar-refractivity contribution < 1.29 is 14.0 Å². The standard InChI is InChI=1S/C18H20FN5O2S/c1-12-11-27-18(21-12)23-8-6-22(7-9-23)16(25)14-10-13(2-3-15(14)19)24-5-4-20-17(24)26/h2-3,10-11H,4-9H2,1H3,(H,20,26). The first-order chi connectivity index (χ1) is 13.0. The van der Waals surface area contributed by atoms with Gasteiger partial charge in [-0.3, -0.25) is 9.69 Å². The number of carbonyl (C=O) groups excluding carboxylic acids is 2. The summed E-state index contributed by atoms with van der Waals surface area (Å²) in [5.41, 5.74) is 1.52. The molecule has 3 heterocycles. The maximum atomic E-state index is 14.3. The van der Waals surface area contributed by atoms with Gasteiger partial charge in [0, 0.05) is 50.3 Å². The van der Waals surface area contributed by atoms with E-state index in [0.717, 1.165) is 10.8 Å². The molecule has 2 saturated heterocycles. The maximum absolute atomic E-state index is 14.3. The third-order valence-electron chi connectivity index (χ3n) is 4.79. The van der Waals surface area contributed by atoms with E-state index in [1.54, 1.807) is 16.2 Å². The smallest absolute Gasteiger partial charge is 0.321 e. The summed E-state index contributed by atoms with van der Waals surface area (Å²) in [6, 6.07) is 4.02. The molecule has 0 saturated carbocycles. The topological polar surface area (TPSA) is 68.8 Å². The van der Waals surface area contributed by atoms with Gasteiger partial charge in [-0.25, -0.2) is 14.2 Å². The van der Waals surface area contributed by atoms with Gasteiger partial charge in [0.15, 0.2) is 5.13 Å². The fraction of sp³-hybridized carbons (Fsp3) is 0.389. The van der Waals surface area contributed by atoms with Crippen molar-refractivity contribution in [1.82, 2.24) is 15.2 Å². The number of hydrogen-bond donors (Lipinski definition) is 1. The molecule has 1 aromatic heterocycles. The van der Waals surface area contributed by atoms with Crippen LogP contribution in [0.2, 0.25) is 0 Å². The zero-order chi connectivity index (χ0) is 19.0. The Balaban J connectivity index is 1.47. The SMILES string of the molecule is Cc1csc(N2CCN(C(=O)c3cc(N4CCNC4=O)ccc3F)CC2)n1. The fourth-order valence-corrected chi connectivity index (χ4v) is 4.18. The lowest BCUT2D eigenvalue weighted by Gasteiger charge is -2.34. The molecule has 0 unspecified atom stereocenters. The highest BCUT2D eigenvalue weighted by Crippen LogP contribution is 2.24. The Hall–Kier alpha value is -2.68. The fourth-order valence-electron chi connectivity index (χ4n) is 3.32. The van der Waals surface area contributed by atoms with Crippen molar-refractivity contribution in [2.75, 3.05) is 49.1 Å². The van der Waals surface area contributed by atoms with Gasteiger partial charge >= 0.3 is 6.03 Å². The summed E-state index contributed by atoms with van der Waals surface area (Å²) < 4.78 is 14.3. The van der Waals surface area contributed by atoms with E-state index in [4.69, 9.17) is 0 Å². The van der Waals surface area contributed by atoms with Crippen molar-refractivity contribution in [3.63, 3.8) is 0 Å². The molecule has 0 atom stereocenters. The summed E-state index contributed by atoms with van der Waals surface area (Å²) in [5, 5.41) is 5.66. The molecule has 3 amide bonds. The molecule has 7 nitrogen and oxygen atoms in total. The Bertz CT molecular complexity index is 878. The molecule has 2 fully saturated rings. The zero-order valence-electron chi connectivity index (χ0n) is 14.9. The number of thiazole rings is 1. The van der Waals surface area contributed by atoms with E-state index >= 15 is 0 Å². The molecule has 4 rings (SSSR count). The third kappa shape index (κ3) is 3.46. The molecule has 2 aliphatic heterocycles. The second-order valence-corrected chi connectivity index (χ2v) is 7.43. The van der Waals surface area contributed by atoms with Gasteiger partial charge in [-0.15, -0.1) is 11.3 Å². The highest BCUT2D eigenvalue weighted by molar-refractivity contribution is 7.13. The van der Waals surface area contributed by atoms with Crippen LogP contribution in [-0.4, -0.2) is 61.1 Å². The lowest BCUT2D eigenvalue weighted by Crippen LogP contribution is -2.49. The van der Waals surface area contributed by atoms with E-state index in [1.165, 1.54) is 23.1 Å². The van der Waals surface area contributed by atoms with Crippen LogP contribution in [0.15, 0.2) is 23.6 Å². The van der Waals surface area contributed by atoms with Crippen molar-refractivity contribution in [3.8, 4) is 0 Å². The minimum atomic E-state index is -0.568. The van der Waals surface area contributed by atoms with Crippen LogP contribution in [0, 0.1) is 12.7 Å². The number of aryl methyl sites for hydroxylation is 1. The molecule has 9 heteroatoms. The Morgan fingerprint density at radius 1 is 1.22 bits per heavy atom. The highest BCUT2D eigenvalue weighted by atomic mass is 32.1. The minimum absolute atomic E-state index is 0.00532. The van der Waals surface area contributed by atoms with Gasteiger partial charge in [0.1, 0.15) is 5.82 Å². The lowest BCUT2D eigenvalue weighted by atomic mass is 10.1. The van der Waals surface area contributed by atoms with E-state index in [2.05, 4.69) is 15.2 Å². The number of hydrogen-bond acceptors (Lipinski definition) is 5. The van der Waals surface area contributed by atoms with Gasteiger partial charge in [0.05, 0.1) is 11.3 Å². The number of nitrogens with one attached hydrogen (secondary N) is 1. The molecule has 0 bridgehead atoms. The summed E-state index contributed by atoms with van der Waals surface area (Å²) in [4.78, 5) is 34.5. The number of anilines is 2. The Kier molecular flexibility index (Phi) is 4.69. The third-order valence-corrected chi connectivity index (χ3v) is 5.81. The molecule has 2 aliphatic rings. The monoisotopic (exact) mass is 389 g/mol. The number of urea groups is 1. The van der Waals surface area contributed by atoms with Gasteiger partial charge in [-0.05, 0) is 25.1 Å². The molecule has 2 aromatic rings. The predicted molar refractivity (Wildman–Crippen MR) is 102 cm³/mol. The average Bonchev–Trinajstić information content (AvgIpc) is 3.30. The summed E-state index contributed by atoms with van der Waals surface area (Å²) in [6.07, 6.45) is 0. The first-order valence-electron chi connectivity index (χ1n) is 8.84. The van der Waals surface area contributed by atoms with Gasteiger partial charge in [0.2, 0.25) is 0 Å². The number of rotatable bonds is 3. The van der Waals surface area contributed by atoms with Crippen LogP contribution in [0.3, 0.4) is 0 Å². The van der Waals surface area contributed by atoms with Gasteiger partial charge < -0.3 is 15.1 Å². The molecule has 0 spiro atoms. The normalized spacial score (nSPS) is 17.4. The quantitative estimate of drug-likeness (QED) is 0.873. The van der Waals surface area contributed by atoms with Crippen molar-refractivity contribution >= 4 is 34.1 Å². The molecule has 142 valence electrons. The first kappa shape index (κ1) is 17.7. The zero-order valence-corrected chi connectivity index (χ0v) is 15.8. The number of nitrogens with zero attached hydrogens (tertiary/aromatic N) is 4. The molecule has 27 heavy (non-hydrogen) atoms. The van der Waals surface area contributed by atoms with E-state index in [-0.39, 0.29) is 17.5 Å². The molecule has 1 N–H and O–H groups in total. The lowest BCUT2D eigenvalue weighted by molar-refractivity contribution is 0.0742. The maximum Gasteiger partial charge on any atom is 0.321 e. The largest absolute Gasteiger partial charge is 0.345 e. The van der Waals surface area contributed by atoms with Crippen LogP contribution in [0.1, 0.15) is 16.1 Å². The van der Waals surface area contributed by atoms with Crippen LogP contribution >= 0.6 is 11.3 Å². The van der Waals surface area contributed by atoms with Crippen molar-refractivity contribution in [2.24, 2.45) is 0 Å². The number of benzene rings is 1. The number of aromatic nitrogens is 1. The molecule has 0 aliphatic carbocycles. The summed E-state index contributed by atoms with van der Waals surface area (Å²) in [7, 11) is 0.